The van der Waals surface area contributed by atoms with Crippen LogP contribution in [0.3, 0.4) is 0 Å². The van der Waals surface area contributed by atoms with E-state index >= 15 is 0 Å². The van der Waals surface area contributed by atoms with Crippen LogP contribution in [0.1, 0.15) is 20.8 Å². The molecule has 0 saturated carbocycles. The summed E-state index contributed by atoms with van der Waals surface area (Å²) in [5, 5.41) is 10.0. The molecule has 0 fully saturated rings. The van der Waals surface area contributed by atoms with Crippen LogP contribution < -0.4 is 11.1 Å². The summed E-state index contributed by atoms with van der Waals surface area (Å²) in [5.74, 6) is 0.171. The fourth-order valence-corrected chi connectivity index (χ4v) is 0.965. The van der Waals surface area contributed by atoms with Crippen molar-refractivity contribution in [3.8, 4) is 0 Å². The summed E-state index contributed by atoms with van der Waals surface area (Å²) in [6.07, 6.45) is 1.54. The Bertz CT molecular complexity index is 331. The lowest BCUT2D eigenvalue weighted by Gasteiger charge is -2.25. The molecule has 0 aliphatic carbocycles. The topological polar surface area (TPSA) is 80.9 Å². The monoisotopic (exact) mass is 208 g/mol. The van der Waals surface area contributed by atoms with Crippen molar-refractivity contribution in [2.75, 3.05) is 5.32 Å². The van der Waals surface area contributed by atoms with Gasteiger partial charge in [-0.15, -0.1) is 5.10 Å². The molecule has 0 saturated heterocycles. The molecule has 5 nitrogen and oxygen atoms in total. The van der Waals surface area contributed by atoms with Crippen molar-refractivity contribution in [3.63, 3.8) is 0 Å². The molecule has 1 atom stereocenters. The number of rotatable bonds is 2. The van der Waals surface area contributed by atoms with E-state index in [1.807, 2.05) is 20.8 Å². The lowest BCUT2D eigenvalue weighted by atomic mass is 9.87. The van der Waals surface area contributed by atoms with Gasteiger partial charge in [0.2, 0.25) is 5.91 Å². The summed E-state index contributed by atoms with van der Waals surface area (Å²) >= 11 is 0. The number of amides is 1. The van der Waals surface area contributed by atoms with E-state index in [9.17, 15) is 4.79 Å². The molecule has 15 heavy (non-hydrogen) atoms. The standard InChI is InChI=1S/C10H16N4O/c1-10(2,3)8(11)9(15)13-7-5-4-6-12-14-7/h4-6,8H,11H2,1-3H3,(H,13,14,15). The van der Waals surface area contributed by atoms with Crippen molar-refractivity contribution in [1.82, 2.24) is 10.2 Å². The molecule has 1 aromatic rings. The maximum absolute atomic E-state index is 11.7. The molecule has 1 amide bonds. The van der Waals surface area contributed by atoms with Gasteiger partial charge < -0.3 is 11.1 Å². The average Bonchev–Trinajstić information content (AvgIpc) is 2.16. The zero-order chi connectivity index (χ0) is 11.5. The van der Waals surface area contributed by atoms with E-state index in [2.05, 4.69) is 15.5 Å². The van der Waals surface area contributed by atoms with E-state index < -0.39 is 6.04 Å². The van der Waals surface area contributed by atoms with E-state index in [1.54, 1.807) is 18.3 Å². The maximum Gasteiger partial charge on any atom is 0.243 e. The average molecular weight is 208 g/mol. The third-order valence-electron chi connectivity index (χ3n) is 2.04. The van der Waals surface area contributed by atoms with E-state index in [4.69, 9.17) is 5.73 Å². The van der Waals surface area contributed by atoms with Crippen molar-refractivity contribution in [2.45, 2.75) is 26.8 Å². The Hall–Kier alpha value is -1.49. The number of anilines is 1. The van der Waals surface area contributed by atoms with Crippen LogP contribution in [-0.2, 0) is 4.79 Å². The molecule has 0 bridgehead atoms. The van der Waals surface area contributed by atoms with Gasteiger partial charge in [-0.2, -0.15) is 5.10 Å². The first kappa shape index (κ1) is 11.6. The number of hydrogen-bond donors (Lipinski definition) is 2. The first-order valence-corrected chi connectivity index (χ1v) is 4.75. The molecular formula is C10H16N4O. The molecule has 82 valence electrons. The smallest absolute Gasteiger partial charge is 0.243 e. The second-order valence-corrected chi connectivity index (χ2v) is 4.44. The lowest BCUT2D eigenvalue weighted by molar-refractivity contribution is -0.119. The summed E-state index contributed by atoms with van der Waals surface area (Å²) in [6.45, 7) is 5.73. The molecule has 1 aromatic heterocycles. The van der Waals surface area contributed by atoms with Crippen LogP contribution in [0.25, 0.3) is 0 Å². The third kappa shape index (κ3) is 3.28. The van der Waals surface area contributed by atoms with Crippen molar-refractivity contribution in [3.05, 3.63) is 18.3 Å². The van der Waals surface area contributed by atoms with Crippen LogP contribution in [0, 0.1) is 5.41 Å². The Kier molecular flexibility index (Phi) is 3.36. The van der Waals surface area contributed by atoms with Gasteiger partial charge in [0, 0.05) is 6.20 Å². The number of hydrogen-bond acceptors (Lipinski definition) is 4. The third-order valence-corrected chi connectivity index (χ3v) is 2.04. The summed E-state index contributed by atoms with van der Waals surface area (Å²) in [6, 6.07) is 2.80. The van der Waals surface area contributed by atoms with E-state index in [0.717, 1.165) is 0 Å². The second-order valence-electron chi connectivity index (χ2n) is 4.44. The second kappa shape index (κ2) is 4.35. The highest BCUT2D eigenvalue weighted by molar-refractivity contribution is 5.94. The fraction of sp³-hybridized carbons (Fsp3) is 0.500. The van der Waals surface area contributed by atoms with Gasteiger partial charge in [-0.05, 0) is 17.5 Å². The van der Waals surface area contributed by atoms with E-state index in [0.29, 0.717) is 5.82 Å². The Labute approximate surface area is 89.1 Å². The molecular weight excluding hydrogens is 192 g/mol. The van der Waals surface area contributed by atoms with Crippen molar-refractivity contribution in [2.24, 2.45) is 11.1 Å². The molecule has 1 rings (SSSR count). The number of nitrogens with zero attached hydrogens (tertiary/aromatic N) is 2. The van der Waals surface area contributed by atoms with Crippen LogP contribution in [0.15, 0.2) is 18.3 Å². The Balaban J connectivity index is 2.65. The minimum absolute atomic E-state index is 0.247. The zero-order valence-electron chi connectivity index (χ0n) is 9.19. The van der Waals surface area contributed by atoms with Gasteiger partial charge in [-0.25, -0.2) is 0 Å². The molecule has 0 aliphatic rings. The fourth-order valence-electron chi connectivity index (χ4n) is 0.965. The number of nitrogens with two attached hydrogens (primary N) is 1. The van der Waals surface area contributed by atoms with Gasteiger partial charge in [-0.1, -0.05) is 20.8 Å². The summed E-state index contributed by atoms with van der Waals surface area (Å²) in [5.41, 5.74) is 5.51. The zero-order valence-corrected chi connectivity index (χ0v) is 9.19. The SMILES string of the molecule is CC(C)(C)C(N)C(=O)Nc1cccnn1. The van der Waals surface area contributed by atoms with Crippen molar-refractivity contribution < 1.29 is 4.79 Å². The summed E-state index contributed by atoms with van der Waals surface area (Å²) in [7, 11) is 0. The van der Waals surface area contributed by atoms with Crippen LogP contribution in [0.4, 0.5) is 5.82 Å². The molecule has 1 unspecified atom stereocenters. The van der Waals surface area contributed by atoms with Crippen LogP contribution >= 0.6 is 0 Å². The molecule has 0 radical (unpaired) electrons. The van der Waals surface area contributed by atoms with Gasteiger partial charge in [0.1, 0.15) is 0 Å². The molecule has 0 aromatic carbocycles. The number of nitrogens with one attached hydrogen (secondary N) is 1. The minimum atomic E-state index is -0.570. The van der Waals surface area contributed by atoms with Gasteiger partial charge in [0.05, 0.1) is 6.04 Å². The number of carbonyl (C=O) groups excluding carboxylic acids is 1. The largest absolute Gasteiger partial charge is 0.319 e. The number of aromatic nitrogens is 2. The molecule has 5 heteroatoms. The van der Waals surface area contributed by atoms with Crippen LogP contribution in [-0.4, -0.2) is 22.1 Å². The van der Waals surface area contributed by atoms with Crippen molar-refractivity contribution >= 4 is 11.7 Å². The highest BCUT2D eigenvalue weighted by Crippen LogP contribution is 2.18. The maximum atomic E-state index is 11.7. The van der Waals surface area contributed by atoms with Crippen LogP contribution in [0.2, 0.25) is 0 Å². The Morgan fingerprint density at radius 3 is 2.67 bits per heavy atom. The highest BCUT2D eigenvalue weighted by Gasteiger charge is 2.27. The Morgan fingerprint density at radius 1 is 1.53 bits per heavy atom. The van der Waals surface area contributed by atoms with Crippen LogP contribution in [0.5, 0.6) is 0 Å². The normalized spacial score (nSPS) is 13.3. The van der Waals surface area contributed by atoms with Crippen molar-refractivity contribution in [1.29, 1.82) is 0 Å². The summed E-state index contributed by atoms with van der Waals surface area (Å²) in [4.78, 5) is 11.7. The molecule has 1 heterocycles. The van der Waals surface area contributed by atoms with Gasteiger partial charge in [0.25, 0.3) is 0 Å². The predicted molar refractivity (Wildman–Crippen MR) is 58.1 cm³/mol. The van der Waals surface area contributed by atoms with Gasteiger partial charge in [-0.3, -0.25) is 4.79 Å². The molecule has 3 N–H and O–H groups in total. The van der Waals surface area contributed by atoms with Gasteiger partial charge in [0.15, 0.2) is 5.82 Å². The molecule has 0 aliphatic heterocycles. The minimum Gasteiger partial charge on any atom is -0.319 e. The highest BCUT2D eigenvalue weighted by atomic mass is 16.2. The number of carbonyl (C=O) groups is 1. The van der Waals surface area contributed by atoms with E-state index in [-0.39, 0.29) is 11.3 Å². The first-order chi connectivity index (χ1) is 6.91. The summed E-state index contributed by atoms with van der Waals surface area (Å²) < 4.78 is 0. The van der Waals surface area contributed by atoms with E-state index in [1.165, 1.54) is 0 Å². The Morgan fingerprint density at radius 2 is 2.20 bits per heavy atom. The quantitative estimate of drug-likeness (QED) is 0.752. The molecule has 0 spiro atoms. The first-order valence-electron chi connectivity index (χ1n) is 4.75. The lowest BCUT2D eigenvalue weighted by Crippen LogP contribution is -2.45. The predicted octanol–water partition coefficient (Wildman–Crippen LogP) is 0.788. The van der Waals surface area contributed by atoms with Gasteiger partial charge >= 0.3 is 0 Å².